The van der Waals surface area contributed by atoms with Gasteiger partial charge in [0.25, 0.3) is 0 Å². The Kier molecular flexibility index (Phi) is 3.75. The summed E-state index contributed by atoms with van der Waals surface area (Å²) in [7, 11) is 0. The van der Waals surface area contributed by atoms with Gasteiger partial charge < -0.3 is 0 Å². The minimum Gasteiger partial charge on any atom is -0.248 e. The molecule has 0 aliphatic rings. The zero-order valence-corrected chi connectivity index (χ0v) is 6.20. The second kappa shape index (κ2) is 3.80. The minimum absolute atomic E-state index is 0.0394. The molecule has 0 fully saturated rings. The molecular weight excluding hydrogens is 122 g/mol. The van der Waals surface area contributed by atoms with Crippen molar-refractivity contribution in [2.24, 2.45) is 5.92 Å². The highest BCUT2D eigenvalue weighted by Gasteiger charge is 2.14. The van der Waals surface area contributed by atoms with Crippen LogP contribution in [0.25, 0.3) is 0 Å². The summed E-state index contributed by atoms with van der Waals surface area (Å²) in [5.74, 6) is -0.0526. The molecular formula is C7H14F2. The quantitative estimate of drug-likeness (QED) is 0.559. The summed E-state index contributed by atoms with van der Waals surface area (Å²) in [6.45, 7) is 4.90. The Morgan fingerprint density at radius 2 is 1.56 bits per heavy atom. The first-order valence-electron chi connectivity index (χ1n) is 3.32. The number of hydrogen-bond donors (Lipinski definition) is 0. The van der Waals surface area contributed by atoms with Crippen molar-refractivity contribution in [2.75, 3.05) is 0 Å². The van der Waals surface area contributed by atoms with Gasteiger partial charge in [-0.05, 0) is 12.8 Å². The SMILES string of the molecule is CC(F)CC(F)C(C)C. The van der Waals surface area contributed by atoms with Crippen LogP contribution in [0.3, 0.4) is 0 Å². The normalized spacial score (nSPS) is 18.0. The lowest BCUT2D eigenvalue weighted by Gasteiger charge is -2.11. The van der Waals surface area contributed by atoms with Crippen molar-refractivity contribution in [1.29, 1.82) is 0 Å². The Bertz CT molecular complexity index is 69.3. The van der Waals surface area contributed by atoms with E-state index in [1.807, 2.05) is 0 Å². The van der Waals surface area contributed by atoms with E-state index in [1.54, 1.807) is 13.8 Å². The van der Waals surface area contributed by atoms with E-state index in [1.165, 1.54) is 6.92 Å². The van der Waals surface area contributed by atoms with E-state index in [0.717, 1.165) is 0 Å². The molecule has 0 nitrogen and oxygen atoms in total. The van der Waals surface area contributed by atoms with Gasteiger partial charge in [-0.1, -0.05) is 13.8 Å². The van der Waals surface area contributed by atoms with Gasteiger partial charge in [0.2, 0.25) is 0 Å². The van der Waals surface area contributed by atoms with Gasteiger partial charge in [0.05, 0.1) is 0 Å². The van der Waals surface area contributed by atoms with Gasteiger partial charge in [-0.15, -0.1) is 0 Å². The summed E-state index contributed by atoms with van der Waals surface area (Å²) >= 11 is 0. The maximum atomic E-state index is 12.5. The van der Waals surface area contributed by atoms with Crippen LogP contribution in [-0.4, -0.2) is 12.3 Å². The highest BCUT2D eigenvalue weighted by atomic mass is 19.1. The van der Waals surface area contributed by atoms with E-state index in [9.17, 15) is 8.78 Å². The second-order valence-electron chi connectivity index (χ2n) is 2.78. The van der Waals surface area contributed by atoms with Gasteiger partial charge in [0, 0.05) is 6.42 Å². The topological polar surface area (TPSA) is 0 Å². The lowest BCUT2D eigenvalue weighted by atomic mass is 10.0. The fraction of sp³-hybridized carbons (Fsp3) is 1.00. The molecule has 0 aromatic heterocycles. The third-order valence-electron chi connectivity index (χ3n) is 1.27. The first kappa shape index (κ1) is 8.86. The molecule has 0 aliphatic carbocycles. The summed E-state index contributed by atoms with van der Waals surface area (Å²) in [6, 6.07) is 0. The Hall–Kier alpha value is -0.140. The molecule has 2 unspecified atom stereocenters. The van der Waals surface area contributed by atoms with Crippen LogP contribution in [0.1, 0.15) is 27.2 Å². The van der Waals surface area contributed by atoms with E-state index >= 15 is 0 Å². The van der Waals surface area contributed by atoms with Crippen LogP contribution < -0.4 is 0 Å². The molecule has 2 heteroatoms. The van der Waals surface area contributed by atoms with Crippen molar-refractivity contribution < 1.29 is 8.78 Å². The third-order valence-corrected chi connectivity index (χ3v) is 1.27. The molecule has 2 atom stereocenters. The minimum atomic E-state index is -1.01. The van der Waals surface area contributed by atoms with E-state index in [0.29, 0.717) is 0 Å². The first-order chi connectivity index (χ1) is 4.04. The van der Waals surface area contributed by atoms with Crippen molar-refractivity contribution in [2.45, 2.75) is 39.5 Å². The summed E-state index contributed by atoms with van der Waals surface area (Å²) in [5, 5.41) is 0. The average Bonchev–Trinajstić information content (AvgIpc) is 1.63. The van der Waals surface area contributed by atoms with Crippen LogP contribution in [-0.2, 0) is 0 Å². The molecule has 0 rings (SSSR count). The van der Waals surface area contributed by atoms with Crippen LogP contribution in [0.4, 0.5) is 8.78 Å². The third kappa shape index (κ3) is 4.37. The number of alkyl halides is 2. The summed E-state index contributed by atoms with van der Waals surface area (Å²) in [6.07, 6.45) is -1.95. The van der Waals surface area contributed by atoms with Crippen molar-refractivity contribution in [3.8, 4) is 0 Å². The fourth-order valence-electron chi connectivity index (χ4n) is 0.582. The van der Waals surface area contributed by atoms with E-state index < -0.39 is 12.3 Å². The van der Waals surface area contributed by atoms with Gasteiger partial charge in [-0.25, -0.2) is 8.78 Å². The molecule has 0 amide bonds. The van der Waals surface area contributed by atoms with Gasteiger partial charge in [-0.2, -0.15) is 0 Å². The maximum Gasteiger partial charge on any atom is 0.105 e. The van der Waals surface area contributed by atoms with Crippen molar-refractivity contribution in [1.82, 2.24) is 0 Å². The largest absolute Gasteiger partial charge is 0.248 e. The van der Waals surface area contributed by atoms with Crippen LogP contribution in [0.5, 0.6) is 0 Å². The molecule has 0 N–H and O–H groups in total. The standard InChI is InChI=1S/C7H14F2/c1-5(2)7(9)4-6(3)8/h5-7H,4H2,1-3H3. The summed E-state index contributed by atoms with van der Waals surface area (Å²) < 4.78 is 24.6. The predicted molar refractivity (Wildman–Crippen MR) is 34.9 cm³/mol. The first-order valence-corrected chi connectivity index (χ1v) is 3.32. The van der Waals surface area contributed by atoms with Crippen LogP contribution >= 0.6 is 0 Å². The van der Waals surface area contributed by atoms with Crippen LogP contribution in [0.2, 0.25) is 0 Å². The monoisotopic (exact) mass is 136 g/mol. The van der Waals surface area contributed by atoms with Crippen molar-refractivity contribution >= 4 is 0 Å². The Morgan fingerprint density at radius 3 is 1.67 bits per heavy atom. The number of hydrogen-bond acceptors (Lipinski definition) is 0. The zero-order valence-electron chi connectivity index (χ0n) is 6.20. The van der Waals surface area contributed by atoms with Gasteiger partial charge in [-0.3, -0.25) is 0 Å². The van der Waals surface area contributed by atoms with E-state index in [4.69, 9.17) is 0 Å². The van der Waals surface area contributed by atoms with Gasteiger partial charge >= 0.3 is 0 Å². The van der Waals surface area contributed by atoms with Crippen molar-refractivity contribution in [3.05, 3.63) is 0 Å². The lowest BCUT2D eigenvalue weighted by Crippen LogP contribution is -2.13. The molecule has 9 heavy (non-hydrogen) atoms. The molecule has 0 radical (unpaired) electrons. The Balaban J connectivity index is 3.38. The smallest absolute Gasteiger partial charge is 0.105 e. The van der Waals surface area contributed by atoms with Crippen LogP contribution in [0.15, 0.2) is 0 Å². The number of rotatable bonds is 3. The molecule has 56 valence electrons. The summed E-state index contributed by atoms with van der Waals surface area (Å²) in [5.41, 5.74) is 0. The highest BCUT2D eigenvalue weighted by molar-refractivity contribution is 4.63. The molecule has 0 saturated heterocycles. The van der Waals surface area contributed by atoms with Gasteiger partial charge in [0.15, 0.2) is 0 Å². The zero-order chi connectivity index (χ0) is 7.44. The van der Waals surface area contributed by atoms with Crippen LogP contribution in [0, 0.1) is 5.92 Å². The number of halogens is 2. The van der Waals surface area contributed by atoms with Crippen molar-refractivity contribution in [3.63, 3.8) is 0 Å². The lowest BCUT2D eigenvalue weighted by molar-refractivity contribution is 0.186. The maximum absolute atomic E-state index is 12.5. The average molecular weight is 136 g/mol. The fourth-order valence-corrected chi connectivity index (χ4v) is 0.582. The molecule has 0 heterocycles. The Morgan fingerprint density at radius 1 is 1.11 bits per heavy atom. The Labute approximate surface area is 55.3 Å². The summed E-state index contributed by atoms with van der Waals surface area (Å²) in [4.78, 5) is 0. The molecule has 0 bridgehead atoms. The predicted octanol–water partition coefficient (Wildman–Crippen LogP) is 2.73. The van der Waals surface area contributed by atoms with E-state index in [-0.39, 0.29) is 12.3 Å². The molecule has 0 saturated carbocycles. The molecule has 0 aromatic carbocycles. The highest BCUT2D eigenvalue weighted by Crippen LogP contribution is 2.13. The molecule has 0 aliphatic heterocycles. The second-order valence-corrected chi connectivity index (χ2v) is 2.78. The molecule has 0 spiro atoms. The van der Waals surface area contributed by atoms with Gasteiger partial charge in [0.1, 0.15) is 12.3 Å². The van der Waals surface area contributed by atoms with E-state index in [2.05, 4.69) is 0 Å². The molecule has 0 aromatic rings.